The average Bonchev–Trinajstić information content (AvgIpc) is 2.96. The fourth-order valence-electron chi connectivity index (χ4n) is 2.56. The molecule has 0 fully saturated rings. The number of benzene rings is 1. The molecule has 0 bridgehead atoms. The fourth-order valence-corrected chi connectivity index (χ4v) is 2.56. The van der Waals surface area contributed by atoms with E-state index in [1.54, 1.807) is 47.0 Å². The third kappa shape index (κ3) is 4.05. The van der Waals surface area contributed by atoms with Gasteiger partial charge in [0.15, 0.2) is 5.65 Å². The van der Waals surface area contributed by atoms with Crippen molar-refractivity contribution in [1.29, 1.82) is 0 Å². The SMILES string of the molecule is Cc1nnc2ccc(C(=O)Nc3ccc(NC(=O)CC(C)C)cc3)cn12. The van der Waals surface area contributed by atoms with Crippen molar-refractivity contribution < 1.29 is 9.59 Å². The number of rotatable bonds is 5. The van der Waals surface area contributed by atoms with Crippen LogP contribution in [0.4, 0.5) is 11.4 Å². The van der Waals surface area contributed by atoms with E-state index in [4.69, 9.17) is 0 Å². The fraction of sp³-hybridized carbons (Fsp3) is 0.263. The minimum Gasteiger partial charge on any atom is -0.326 e. The molecule has 0 atom stereocenters. The number of nitrogens with zero attached hydrogens (tertiary/aromatic N) is 3. The highest BCUT2D eigenvalue weighted by molar-refractivity contribution is 6.04. The first-order valence-electron chi connectivity index (χ1n) is 8.45. The maximum absolute atomic E-state index is 12.4. The molecule has 0 saturated carbocycles. The molecule has 0 spiro atoms. The number of aromatic nitrogens is 3. The molecule has 3 rings (SSSR count). The number of hydrogen-bond acceptors (Lipinski definition) is 4. The Hall–Kier alpha value is -3.22. The molecule has 2 amide bonds. The molecule has 0 saturated heterocycles. The van der Waals surface area contributed by atoms with E-state index in [0.29, 0.717) is 34.9 Å². The smallest absolute Gasteiger partial charge is 0.257 e. The number of carbonyl (C=O) groups excluding carboxylic acids is 2. The summed E-state index contributed by atoms with van der Waals surface area (Å²) in [7, 11) is 0. The summed E-state index contributed by atoms with van der Waals surface area (Å²) in [6.45, 7) is 5.82. The van der Waals surface area contributed by atoms with Crippen molar-refractivity contribution in [3.05, 3.63) is 54.0 Å². The van der Waals surface area contributed by atoms with Gasteiger partial charge in [-0.15, -0.1) is 10.2 Å². The van der Waals surface area contributed by atoms with Gasteiger partial charge in [-0.1, -0.05) is 13.8 Å². The largest absolute Gasteiger partial charge is 0.326 e. The lowest BCUT2D eigenvalue weighted by Gasteiger charge is -2.09. The lowest BCUT2D eigenvalue weighted by Crippen LogP contribution is -2.14. The Kier molecular flexibility index (Phi) is 4.97. The average molecular weight is 351 g/mol. The maximum Gasteiger partial charge on any atom is 0.257 e. The predicted octanol–water partition coefficient (Wildman–Crippen LogP) is 3.27. The highest BCUT2D eigenvalue weighted by Crippen LogP contribution is 2.16. The normalized spacial score (nSPS) is 10.9. The molecule has 7 nitrogen and oxygen atoms in total. The van der Waals surface area contributed by atoms with Crippen LogP contribution >= 0.6 is 0 Å². The highest BCUT2D eigenvalue weighted by Gasteiger charge is 2.10. The van der Waals surface area contributed by atoms with Gasteiger partial charge in [-0.05, 0) is 49.2 Å². The topological polar surface area (TPSA) is 88.4 Å². The van der Waals surface area contributed by atoms with E-state index in [9.17, 15) is 9.59 Å². The lowest BCUT2D eigenvalue weighted by atomic mass is 10.1. The summed E-state index contributed by atoms with van der Waals surface area (Å²) in [5.74, 6) is 0.780. The lowest BCUT2D eigenvalue weighted by molar-refractivity contribution is -0.116. The Morgan fingerprint density at radius 1 is 1.00 bits per heavy atom. The Balaban J connectivity index is 1.67. The van der Waals surface area contributed by atoms with E-state index in [1.165, 1.54) is 0 Å². The van der Waals surface area contributed by atoms with Crippen LogP contribution < -0.4 is 10.6 Å². The second kappa shape index (κ2) is 7.35. The number of nitrogens with one attached hydrogen (secondary N) is 2. The zero-order chi connectivity index (χ0) is 18.7. The van der Waals surface area contributed by atoms with E-state index < -0.39 is 0 Å². The van der Waals surface area contributed by atoms with E-state index in [1.807, 2.05) is 20.8 Å². The molecule has 2 heterocycles. The van der Waals surface area contributed by atoms with E-state index in [2.05, 4.69) is 20.8 Å². The molecule has 134 valence electrons. The molecule has 0 aliphatic heterocycles. The van der Waals surface area contributed by atoms with Gasteiger partial charge < -0.3 is 10.6 Å². The van der Waals surface area contributed by atoms with Gasteiger partial charge in [0.1, 0.15) is 5.82 Å². The number of aryl methyl sites for hydroxylation is 1. The number of hydrogen-bond donors (Lipinski definition) is 2. The van der Waals surface area contributed by atoms with Crippen LogP contribution in [0.25, 0.3) is 5.65 Å². The quantitative estimate of drug-likeness (QED) is 0.738. The summed E-state index contributed by atoms with van der Waals surface area (Å²) in [5, 5.41) is 13.7. The summed E-state index contributed by atoms with van der Waals surface area (Å²) in [6, 6.07) is 10.5. The van der Waals surface area contributed by atoms with Crippen LogP contribution in [0.5, 0.6) is 0 Å². The Morgan fingerprint density at radius 2 is 1.65 bits per heavy atom. The van der Waals surface area contributed by atoms with Crippen LogP contribution in [-0.4, -0.2) is 26.4 Å². The zero-order valence-electron chi connectivity index (χ0n) is 15.0. The summed E-state index contributed by atoms with van der Waals surface area (Å²) in [5.41, 5.74) is 2.56. The van der Waals surface area contributed by atoms with Crippen molar-refractivity contribution in [1.82, 2.24) is 14.6 Å². The molecule has 0 unspecified atom stereocenters. The Bertz CT molecular complexity index is 944. The number of amides is 2. The number of anilines is 2. The highest BCUT2D eigenvalue weighted by atomic mass is 16.2. The molecule has 1 aromatic carbocycles. The minimum absolute atomic E-state index is 0.0191. The minimum atomic E-state index is -0.225. The molecule has 0 aliphatic carbocycles. The molecule has 7 heteroatoms. The van der Waals surface area contributed by atoms with Gasteiger partial charge in [0, 0.05) is 24.0 Å². The summed E-state index contributed by atoms with van der Waals surface area (Å²) < 4.78 is 1.77. The summed E-state index contributed by atoms with van der Waals surface area (Å²) in [6.07, 6.45) is 2.18. The van der Waals surface area contributed by atoms with Gasteiger partial charge in [-0.2, -0.15) is 0 Å². The third-order valence-electron chi connectivity index (χ3n) is 3.86. The van der Waals surface area contributed by atoms with Crippen LogP contribution in [0.2, 0.25) is 0 Å². The standard InChI is InChI=1S/C19H21N5O2/c1-12(2)10-18(25)20-15-5-7-16(8-6-15)21-19(26)14-4-9-17-23-22-13(3)24(17)11-14/h4-9,11-12H,10H2,1-3H3,(H,20,25)(H,21,26). The first-order valence-corrected chi connectivity index (χ1v) is 8.45. The van der Waals surface area contributed by atoms with E-state index >= 15 is 0 Å². The van der Waals surface area contributed by atoms with Crippen molar-refractivity contribution in [3.63, 3.8) is 0 Å². The Morgan fingerprint density at radius 3 is 2.31 bits per heavy atom. The van der Waals surface area contributed by atoms with Gasteiger partial charge in [-0.25, -0.2) is 0 Å². The van der Waals surface area contributed by atoms with Crippen LogP contribution in [0.3, 0.4) is 0 Å². The van der Waals surface area contributed by atoms with Gasteiger partial charge in [-0.3, -0.25) is 14.0 Å². The van der Waals surface area contributed by atoms with Gasteiger partial charge in [0.25, 0.3) is 5.91 Å². The second-order valence-electron chi connectivity index (χ2n) is 6.57. The molecule has 3 aromatic rings. The third-order valence-corrected chi connectivity index (χ3v) is 3.86. The molecular weight excluding hydrogens is 330 g/mol. The van der Waals surface area contributed by atoms with Crippen LogP contribution in [0.1, 0.15) is 36.5 Å². The van der Waals surface area contributed by atoms with Gasteiger partial charge in [0.05, 0.1) is 5.56 Å². The predicted molar refractivity (Wildman–Crippen MR) is 100 cm³/mol. The zero-order valence-corrected chi connectivity index (χ0v) is 15.0. The molecule has 26 heavy (non-hydrogen) atoms. The molecular formula is C19H21N5O2. The van der Waals surface area contributed by atoms with Crippen LogP contribution in [0, 0.1) is 12.8 Å². The first-order chi connectivity index (χ1) is 12.4. The van der Waals surface area contributed by atoms with Crippen molar-refractivity contribution in [3.8, 4) is 0 Å². The van der Waals surface area contributed by atoms with Crippen molar-refractivity contribution in [2.24, 2.45) is 5.92 Å². The number of fused-ring (bicyclic) bond motifs is 1. The molecule has 0 aliphatic rings. The van der Waals surface area contributed by atoms with Crippen molar-refractivity contribution >= 4 is 28.8 Å². The number of pyridine rings is 1. The van der Waals surface area contributed by atoms with Crippen molar-refractivity contribution in [2.45, 2.75) is 27.2 Å². The van der Waals surface area contributed by atoms with Gasteiger partial charge >= 0.3 is 0 Å². The molecule has 0 radical (unpaired) electrons. The monoisotopic (exact) mass is 351 g/mol. The molecule has 2 aromatic heterocycles. The van der Waals surface area contributed by atoms with E-state index in [-0.39, 0.29) is 11.8 Å². The van der Waals surface area contributed by atoms with E-state index in [0.717, 1.165) is 5.82 Å². The number of carbonyl (C=O) groups is 2. The van der Waals surface area contributed by atoms with Crippen molar-refractivity contribution in [2.75, 3.05) is 10.6 Å². The van der Waals surface area contributed by atoms with Gasteiger partial charge in [0.2, 0.25) is 5.91 Å². The summed E-state index contributed by atoms with van der Waals surface area (Å²) >= 11 is 0. The van der Waals surface area contributed by atoms with Crippen LogP contribution in [0.15, 0.2) is 42.6 Å². The van der Waals surface area contributed by atoms with Crippen LogP contribution in [-0.2, 0) is 4.79 Å². The first kappa shape index (κ1) is 17.6. The second-order valence-corrected chi connectivity index (χ2v) is 6.57. The summed E-state index contributed by atoms with van der Waals surface area (Å²) in [4.78, 5) is 24.2. The Labute approximate surface area is 151 Å². The molecule has 2 N–H and O–H groups in total. The maximum atomic E-state index is 12.4.